The zero-order chi connectivity index (χ0) is 14.4. The lowest BCUT2D eigenvalue weighted by molar-refractivity contribution is 0.620. The Bertz CT molecular complexity index is 543. The third kappa shape index (κ3) is 3.70. The molecule has 1 atom stereocenters. The third-order valence-corrected chi connectivity index (χ3v) is 3.50. The summed E-state index contributed by atoms with van der Waals surface area (Å²) in [6, 6.07) is 10.5. The largest absolute Gasteiger partial charge is 0.367 e. The van der Waals surface area contributed by atoms with Crippen LogP contribution in [0.4, 0.5) is 5.82 Å². The van der Waals surface area contributed by atoms with Gasteiger partial charge in [-0.3, -0.25) is 0 Å². The van der Waals surface area contributed by atoms with Crippen LogP contribution in [-0.2, 0) is 0 Å². The Kier molecular flexibility index (Phi) is 5.36. The molecule has 106 valence electrons. The summed E-state index contributed by atoms with van der Waals surface area (Å²) < 4.78 is 0. The molecular weight excluding hydrogens is 270 g/mol. The summed E-state index contributed by atoms with van der Waals surface area (Å²) in [6.45, 7) is 4.37. The number of hydrogen-bond acceptors (Lipinski definition) is 3. The molecule has 4 heteroatoms. The topological polar surface area (TPSA) is 37.8 Å². The Hall–Kier alpha value is -1.61. The summed E-state index contributed by atoms with van der Waals surface area (Å²) in [4.78, 5) is 8.47. The summed E-state index contributed by atoms with van der Waals surface area (Å²) in [7, 11) is 0. The van der Waals surface area contributed by atoms with Crippen molar-refractivity contribution in [1.29, 1.82) is 0 Å². The number of hydrogen-bond donors (Lipinski definition) is 1. The van der Waals surface area contributed by atoms with E-state index in [4.69, 9.17) is 11.6 Å². The average molecular weight is 290 g/mol. The predicted molar refractivity (Wildman–Crippen MR) is 85.1 cm³/mol. The number of nitrogens with zero attached hydrogens (tertiary/aromatic N) is 2. The lowest BCUT2D eigenvalue weighted by Gasteiger charge is -2.19. The fraction of sp³-hybridized carbons (Fsp3) is 0.375. The van der Waals surface area contributed by atoms with Gasteiger partial charge in [-0.2, -0.15) is 0 Å². The van der Waals surface area contributed by atoms with Gasteiger partial charge in [-0.15, -0.1) is 0 Å². The quantitative estimate of drug-likeness (QED) is 0.777. The molecule has 20 heavy (non-hydrogen) atoms. The summed E-state index contributed by atoms with van der Waals surface area (Å²) in [5.74, 6) is 0.816. The van der Waals surface area contributed by atoms with Gasteiger partial charge >= 0.3 is 0 Å². The van der Waals surface area contributed by atoms with Gasteiger partial charge in [-0.1, -0.05) is 50.6 Å². The fourth-order valence-electron chi connectivity index (χ4n) is 2.22. The van der Waals surface area contributed by atoms with E-state index in [1.165, 1.54) is 0 Å². The lowest BCUT2D eigenvalue weighted by Crippen LogP contribution is -2.19. The van der Waals surface area contributed by atoms with Gasteiger partial charge < -0.3 is 5.32 Å². The van der Waals surface area contributed by atoms with E-state index in [1.54, 1.807) is 6.20 Å². The van der Waals surface area contributed by atoms with Crippen LogP contribution in [-0.4, -0.2) is 16.0 Å². The van der Waals surface area contributed by atoms with Gasteiger partial charge in [0.25, 0.3) is 0 Å². The second-order valence-electron chi connectivity index (χ2n) is 4.81. The van der Waals surface area contributed by atoms with Crippen molar-refractivity contribution < 1.29 is 0 Å². The SMILES string of the molecule is CCC[C@@H](CC)Nc1nc(Cl)ncc1-c1ccccc1. The van der Waals surface area contributed by atoms with E-state index in [-0.39, 0.29) is 5.28 Å². The van der Waals surface area contributed by atoms with Gasteiger partial charge in [0.15, 0.2) is 0 Å². The highest BCUT2D eigenvalue weighted by Gasteiger charge is 2.12. The molecule has 0 aliphatic heterocycles. The van der Waals surface area contributed by atoms with E-state index < -0.39 is 0 Å². The Morgan fingerprint density at radius 2 is 1.95 bits per heavy atom. The average Bonchev–Trinajstić information content (AvgIpc) is 2.48. The second kappa shape index (κ2) is 7.25. The van der Waals surface area contributed by atoms with Gasteiger partial charge in [0.1, 0.15) is 5.82 Å². The van der Waals surface area contributed by atoms with Crippen LogP contribution in [0.5, 0.6) is 0 Å². The van der Waals surface area contributed by atoms with Gasteiger partial charge in [-0.05, 0) is 30.0 Å². The zero-order valence-corrected chi connectivity index (χ0v) is 12.7. The molecule has 0 aliphatic carbocycles. The molecule has 0 spiro atoms. The number of halogens is 1. The molecule has 0 bridgehead atoms. The highest BCUT2D eigenvalue weighted by molar-refractivity contribution is 6.28. The van der Waals surface area contributed by atoms with Crippen molar-refractivity contribution in [3.8, 4) is 11.1 Å². The first-order valence-electron chi connectivity index (χ1n) is 7.09. The summed E-state index contributed by atoms with van der Waals surface area (Å²) in [5.41, 5.74) is 2.09. The van der Waals surface area contributed by atoms with Crippen molar-refractivity contribution in [2.75, 3.05) is 5.32 Å². The molecule has 2 aromatic rings. The molecule has 0 radical (unpaired) electrons. The Balaban J connectivity index is 2.33. The monoisotopic (exact) mass is 289 g/mol. The van der Waals surface area contributed by atoms with Crippen LogP contribution in [0.15, 0.2) is 36.5 Å². The summed E-state index contributed by atoms with van der Waals surface area (Å²) >= 11 is 5.95. The van der Waals surface area contributed by atoms with E-state index >= 15 is 0 Å². The molecule has 0 saturated carbocycles. The highest BCUT2D eigenvalue weighted by atomic mass is 35.5. The first-order chi connectivity index (χ1) is 9.74. The number of benzene rings is 1. The van der Waals surface area contributed by atoms with Gasteiger partial charge in [0.05, 0.1) is 0 Å². The van der Waals surface area contributed by atoms with E-state index in [0.29, 0.717) is 6.04 Å². The first-order valence-corrected chi connectivity index (χ1v) is 7.46. The van der Waals surface area contributed by atoms with Crippen LogP contribution in [0, 0.1) is 0 Å². The highest BCUT2D eigenvalue weighted by Crippen LogP contribution is 2.27. The predicted octanol–water partition coefficient (Wildman–Crippen LogP) is 4.79. The summed E-state index contributed by atoms with van der Waals surface area (Å²) in [5, 5.41) is 3.78. The van der Waals surface area contributed by atoms with Crippen LogP contribution in [0.2, 0.25) is 5.28 Å². The van der Waals surface area contributed by atoms with Crippen molar-refractivity contribution >= 4 is 17.4 Å². The number of rotatable bonds is 6. The van der Waals surface area contributed by atoms with Crippen LogP contribution in [0.3, 0.4) is 0 Å². The lowest BCUT2D eigenvalue weighted by atomic mass is 10.1. The van der Waals surface area contributed by atoms with Crippen LogP contribution in [0.1, 0.15) is 33.1 Å². The van der Waals surface area contributed by atoms with Crippen molar-refractivity contribution in [3.63, 3.8) is 0 Å². The van der Waals surface area contributed by atoms with Crippen molar-refractivity contribution in [2.24, 2.45) is 0 Å². The Morgan fingerprint density at radius 3 is 2.60 bits per heavy atom. The number of nitrogens with one attached hydrogen (secondary N) is 1. The molecule has 0 amide bonds. The smallest absolute Gasteiger partial charge is 0.224 e. The molecule has 1 N–H and O–H groups in total. The van der Waals surface area contributed by atoms with Crippen LogP contribution < -0.4 is 5.32 Å². The minimum atomic E-state index is 0.276. The van der Waals surface area contributed by atoms with E-state index in [1.807, 2.05) is 18.2 Å². The van der Waals surface area contributed by atoms with Crippen molar-refractivity contribution in [1.82, 2.24) is 9.97 Å². The Morgan fingerprint density at radius 1 is 1.20 bits per heavy atom. The van der Waals surface area contributed by atoms with Crippen molar-refractivity contribution in [2.45, 2.75) is 39.2 Å². The fourth-order valence-corrected chi connectivity index (χ4v) is 2.35. The number of anilines is 1. The standard InChI is InChI=1S/C16H20ClN3/c1-3-8-13(4-2)19-15-14(11-18-16(17)20-15)12-9-6-5-7-10-12/h5-7,9-11,13H,3-4,8H2,1-2H3,(H,18,19,20)/t13-/m1/s1. The maximum atomic E-state index is 5.95. The molecule has 0 aliphatic rings. The zero-order valence-electron chi connectivity index (χ0n) is 11.9. The van der Waals surface area contributed by atoms with E-state index in [2.05, 4.69) is 41.3 Å². The minimum absolute atomic E-state index is 0.276. The van der Waals surface area contributed by atoms with Gasteiger partial charge in [-0.25, -0.2) is 9.97 Å². The number of aromatic nitrogens is 2. The third-order valence-electron chi connectivity index (χ3n) is 3.31. The van der Waals surface area contributed by atoms with Gasteiger partial charge in [0.2, 0.25) is 5.28 Å². The molecule has 1 heterocycles. The molecule has 0 saturated heterocycles. The van der Waals surface area contributed by atoms with Crippen molar-refractivity contribution in [3.05, 3.63) is 41.8 Å². The molecule has 2 rings (SSSR count). The minimum Gasteiger partial charge on any atom is -0.367 e. The van der Waals surface area contributed by atoms with Crippen LogP contribution >= 0.6 is 11.6 Å². The second-order valence-corrected chi connectivity index (χ2v) is 5.14. The summed E-state index contributed by atoms with van der Waals surface area (Å²) in [6.07, 6.45) is 5.10. The molecule has 1 aromatic heterocycles. The van der Waals surface area contributed by atoms with E-state index in [9.17, 15) is 0 Å². The van der Waals surface area contributed by atoms with Gasteiger partial charge in [0, 0.05) is 17.8 Å². The maximum absolute atomic E-state index is 5.95. The molecule has 0 fully saturated rings. The maximum Gasteiger partial charge on any atom is 0.224 e. The Labute approximate surface area is 125 Å². The van der Waals surface area contributed by atoms with E-state index in [0.717, 1.165) is 36.2 Å². The molecule has 1 aromatic carbocycles. The van der Waals surface area contributed by atoms with Crippen LogP contribution in [0.25, 0.3) is 11.1 Å². The normalized spacial score (nSPS) is 12.2. The molecular formula is C16H20ClN3. The first kappa shape index (κ1) is 14.8. The molecule has 0 unspecified atom stereocenters. The molecule has 3 nitrogen and oxygen atoms in total.